The number of benzene rings is 4. The molecular weight excluding hydrogens is 524 g/mol. The number of nitrogens with zero attached hydrogens (tertiary/aromatic N) is 2. The van der Waals surface area contributed by atoms with E-state index >= 15 is 0 Å². The summed E-state index contributed by atoms with van der Waals surface area (Å²) in [6.07, 6.45) is 0. The Morgan fingerprint density at radius 1 is 0.657 bits per heavy atom. The molecule has 12 nitrogen and oxygen atoms in total. The van der Waals surface area contributed by atoms with E-state index in [9.17, 15) is 31.0 Å². The van der Waals surface area contributed by atoms with Gasteiger partial charge in [0, 0.05) is 16.2 Å². The van der Waals surface area contributed by atoms with Gasteiger partial charge in [-0.15, -0.1) is 22.9 Å². The standard InChI is InChI=1S/C20H14N2O7S2.O3S/c23-20-18(31(27,28)29)11-12-5-1-2-6-13(12)19(20)22-21-16-9-10-17(30(24,25)26)15-8-4-3-7-14(15)16;1-4(2)3/h1-11,23H,(H,24,25,26)(H,27,28,29);. The molecule has 0 amide bonds. The molecule has 0 unspecified atom stereocenters. The normalized spacial score (nSPS) is 11.9. The lowest BCUT2D eigenvalue weighted by atomic mass is 10.1. The Hall–Kier alpha value is -3.76. The summed E-state index contributed by atoms with van der Waals surface area (Å²) in [5.41, 5.74) is 0.0254. The number of rotatable bonds is 4. The Morgan fingerprint density at radius 3 is 1.74 bits per heavy atom. The highest BCUT2D eigenvalue weighted by Crippen LogP contribution is 2.42. The predicted molar refractivity (Wildman–Crippen MR) is 123 cm³/mol. The van der Waals surface area contributed by atoms with E-state index in [1.54, 1.807) is 42.5 Å². The summed E-state index contributed by atoms with van der Waals surface area (Å²) in [5.74, 6) is -0.774. The van der Waals surface area contributed by atoms with Crippen LogP contribution >= 0.6 is 0 Å². The van der Waals surface area contributed by atoms with Crippen LogP contribution in [0.25, 0.3) is 21.5 Å². The quantitative estimate of drug-likeness (QED) is 0.254. The van der Waals surface area contributed by atoms with Crippen molar-refractivity contribution in [1.29, 1.82) is 0 Å². The summed E-state index contributed by atoms with van der Waals surface area (Å²) in [5, 5.41) is 19.9. The molecule has 182 valence electrons. The number of hydrogen-bond acceptors (Lipinski definition) is 10. The second-order valence-corrected chi connectivity index (χ2v) is 9.96. The van der Waals surface area contributed by atoms with Gasteiger partial charge in [0.1, 0.15) is 15.5 Å². The average molecular weight is 539 g/mol. The summed E-state index contributed by atoms with van der Waals surface area (Å²) in [4.78, 5) is -1.02. The van der Waals surface area contributed by atoms with Crippen molar-refractivity contribution >= 4 is 63.8 Å². The first-order valence-corrected chi connectivity index (χ1v) is 13.1. The van der Waals surface area contributed by atoms with Gasteiger partial charge in [-0.25, -0.2) is 0 Å². The number of azo groups is 1. The number of phenols is 1. The van der Waals surface area contributed by atoms with Gasteiger partial charge in [0.15, 0.2) is 5.75 Å². The van der Waals surface area contributed by atoms with Crippen LogP contribution in [0.15, 0.2) is 86.7 Å². The van der Waals surface area contributed by atoms with E-state index in [1.165, 1.54) is 18.2 Å². The number of hydrogen-bond donors (Lipinski definition) is 3. The predicted octanol–water partition coefficient (Wildman–Crippen LogP) is 3.60. The maximum Gasteiger partial charge on any atom is 0.425 e. The zero-order valence-corrected chi connectivity index (χ0v) is 19.6. The third kappa shape index (κ3) is 5.84. The van der Waals surface area contributed by atoms with Gasteiger partial charge in [-0.05, 0) is 23.6 Å². The fraction of sp³-hybridized carbons (Fsp3) is 0. The molecule has 0 aromatic heterocycles. The van der Waals surface area contributed by atoms with Crippen molar-refractivity contribution in [3.05, 3.63) is 66.7 Å². The molecule has 15 heteroatoms. The number of aromatic hydroxyl groups is 1. The van der Waals surface area contributed by atoms with Crippen molar-refractivity contribution in [2.75, 3.05) is 0 Å². The molecule has 0 heterocycles. The van der Waals surface area contributed by atoms with Crippen LogP contribution in [-0.2, 0) is 30.8 Å². The van der Waals surface area contributed by atoms with Crippen LogP contribution in [-0.4, -0.2) is 43.7 Å². The molecule has 0 saturated carbocycles. The van der Waals surface area contributed by atoms with Crippen LogP contribution < -0.4 is 0 Å². The lowest BCUT2D eigenvalue weighted by molar-refractivity contribution is 0.445. The van der Waals surface area contributed by atoms with Crippen molar-refractivity contribution in [2.24, 2.45) is 10.2 Å². The van der Waals surface area contributed by atoms with E-state index in [0.29, 0.717) is 16.2 Å². The Balaban J connectivity index is 0.000000795. The summed E-state index contributed by atoms with van der Waals surface area (Å²) < 4.78 is 90.9. The third-order valence-corrected chi connectivity index (χ3v) is 6.41. The third-order valence-electron chi connectivity index (χ3n) is 4.63. The molecule has 3 N–H and O–H groups in total. The van der Waals surface area contributed by atoms with Gasteiger partial charge in [0.25, 0.3) is 20.2 Å². The van der Waals surface area contributed by atoms with Crippen LogP contribution in [0.5, 0.6) is 5.75 Å². The molecule has 0 aliphatic heterocycles. The van der Waals surface area contributed by atoms with Crippen molar-refractivity contribution in [1.82, 2.24) is 0 Å². The molecule has 0 saturated heterocycles. The van der Waals surface area contributed by atoms with Crippen LogP contribution in [0.4, 0.5) is 11.4 Å². The van der Waals surface area contributed by atoms with Crippen molar-refractivity contribution in [3.8, 4) is 5.75 Å². The first-order chi connectivity index (χ1) is 16.3. The van der Waals surface area contributed by atoms with E-state index in [0.717, 1.165) is 6.07 Å². The second kappa shape index (κ2) is 9.85. The summed E-state index contributed by atoms with van der Waals surface area (Å²) in [6.45, 7) is 0. The Morgan fingerprint density at radius 2 is 1.17 bits per heavy atom. The molecule has 0 radical (unpaired) electrons. The van der Waals surface area contributed by atoms with E-state index in [4.69, 9.17) is 12.6 Å². The number of fused-ring (bicyclic) bond motifs is 2. The first-order valence-electron chi connectivity index (χ1n) is 9.20. The van der Waals surface area contributed by atoms with E-state index < -0.39 is 41.5 Å². The maximum absolute atomic E-state index is 11.7. The van der Waals surface area contributed by atoms with Crippen molar-refractivity contribution in [2.45, 2.75) is 9.79 Å². The van der Waals surface area contributed by atoms with Crippen LogP contribution in [0.1, 0.15) is 0 Å². The average Bonchev–Trinajstić information content (AvgIpc) is 2.76. The minimum Gasteiger partial charge on any atom is -0.504 e. The monoisotopic (exact) mass is 538 g/mol. The van der Waals surface area contributed by atoms with E-state index in [2.05, 4.69) is 10.2 Å². The van der Waals surface area contributed by atoms with E-state index in [1.807, 2.05) is 0 Å². The Labute approximate surface area is 199 Å². The van der Waals surface area contributed by atoms with Crippen LogP contribution in [0.2, 0.25) is 0 Å². The molecule has 0 spiro atoms. The number of phenolic OH excluding ortho intramolecular Hbond substituents is 1. The highest BCUT2D eigenvalue weighted by molar-refractivity contribution is 7.86. The molecule has 0 aliphatic carbocycles. The zero-order valence-electron chi connectivity index (χ0n) is 17.2. The van der Waals surface area contributed by atoms with Crippen LogP contribution in [0.3, 0.4) is 0 Å². The Kier molecular flexibility index (Phi) is 7.27. The first kappa shape index (κ1) is 25.9. The molecule has 4 aromatic rings. The Bertz CT molecular complexity index is 1810. The van der Waals surface area contributed by atoms with Gasteiger partial charge in [0.05, 0.1) is 5.69 Å². The summed E-state index contributed by atoms with van der Waals surface area (Å²) in [6, 6.07) is 16.4. The molecule has 0 atom stereocenters. The lowest BCUT2D eigenvalue weighted by Gasteiger charge is -2.09. The lowest BCUT2D eigenvalue weighted by Crippen LogP contribution is -1.99. The van der Waals surface area contributed by atoms with Gasteiger partial charge in [-0.2, -0.15) is 16.8 Å². The summed E-state index contributed by atoms with van der Waals surface area (Å²) in [7, 11) is -12.3. The zero-order chi connectivity index (χ0) is 26.0. The van der Waals surface area contributed by atoms with Crippen LogP contribution in [0, 0.1) is 0 Å². The molecule has 35 heavy (non-hydrogen) atoms. The topological polar surface area (TPSA) is 205 Å². The molecule has 4 aromatic carbocycles. The highest BCUT2D eigenvalue weighted by atomic mass is 32.2. The minimum absolute atomic E-state index is 0.186. The fourth-order valence-electron chi connectivity index (χ4n) is 3.26. The largest absolute Gasteiger partial charge is 0.504 e. The van der Waals surface area contributed by atoms with Crippen molar-refractivity contribution < 1.29 is 43.7 Å². The van der Waals surface area contributed by atoms with Crippen molar-refractivity contribution in [3.63, 3.8) is 0 Å². The van der Waals surface area contributed by atoms with Gasteiger partial charge in [-0.1, -0.05) is 48.5 Å². The summed E-state index contributed by atoms with van der Waals surface area (Å²) >= 11 is 0. The smallest absolute Gasteiger partial charge is 0.425 e. The maximum atomic E-state index is 11.7. The molecule has 0 bridgehead atoms. The highest BCUT2D eigenvalue weighted by Gasteiger charge is 2.21. The molecular formula is C20H14N2O10S3. The molecule has 0 fully saturated rings. The fourth-order valence-corrected chi connectivity index (χ4v) is 4.57. The van der Waals surface area contributed by atoms with Gasteiger partial charge < -0.3 is 5.11 Å². The van der Waals surface area contributed by atoms with Gasteiger partial charge >= 0.3 is 10.6 Å². The van der Waals surface area contributed by atoms with E-state index in [-0.39, 0.29) is 21.7 Å². The molecule has 4 rings (SSSR count). The van der Waals surface area contributed by atoms with Gasteiger partial charge in [-0.3, -0.25) is 9.11 Å². The molecule has 0 aliphatic rings. The van der Waals surface area contributed by atoms with Gasteiger partial charge in [0.2, 0.25) is 0 Å². The SMILES string of the molecule is O=S(=O)(O)c1cc2ccccc2c(N=Nc2ccc(S(=O)(=O)O)c3ccccc23)c1O.O=S(=O)=O. The minimum atomic E-state index is -4.73. The second-order valence-electron chi connectivity index (χ2n) is 6.78.